The first-order valence-corrected chi connectivity index (χ1v) is 11.3. The summed E-state index contributed by atoms with van der Waals surface area (Å²) in [6.45, 7) is 4.57. The third-order valence-electron chi connectivity index (χ3n) is 6.00. The zero-order valence-electron chi connectivity index (χ0n) is 18.7. The van der Waals surface area contributed by atoms with Gasteiger partial charge in [-0.1, -0.05) is 22.8 Å². The molecule has 0 bridgehead atoms. The molecule has 1 aliphatic heterocycles. The van der Waals surface area contributed by atoms with Crippen molar-refractivity contribution in [3.63, 3.8) is 0 Å². The van der Waals surface area contributed by atoms with Gasteiger partial charge < -0.3 is 20.3 Å². The highest BCUT2D eigenvalue weighted by Crippen LogP contribution is 2.33. The van der Waals surface area contributed by atoms with Crippen LogP contribution in [-0.2, 0) is 5.60 Å². The summed E-state index contributed by atoms with van der Waals surface area (Å²) in [6, 6.07) is 5.16. The third kappa shape index (κ3) is 3.76. The SMILES string of the molecule is Cc1nc([C@](C)(O)c2ccc3c(C(=O)N4CCCCC4)nn(-c4nc(N)ncc4Cl)c3c2)no1. The van der Waals surface area contributed by atoms with Crippen molar-refractivity contribution in [2.45, 2.75) is 38.7 Å². The molecule has 4 heterocycles. The number of aliphatic hydroxyl groups is 1. The van der Waals surface area contributed by atoms with E-state index >= 15 is 0 Å². The number of carbonyl (C=O) groups is 1. The van der Waals surface area contributed by atoms with Crippen molar-refractivity contribution in [1.82, 2.24) is 34.8 Å². The summed E-state index contributed by atoms with van der Waals surface area (Å²) in [5.74, 6) is 0.514. The lowest BCUT2D eigenvalue weighted by Gasteiger charge is -2.26. The number of anilines is 1. The zero-order valence-corrected chi connectivity index (χ0v) is 19.5. The Balaban J connectivity index is 1.70. The minimum atomic E-state index is -1.56. The number of rotatable bonds is 4. The second kappa shape index (κ2) is 8.33. The van der Waals surface area contributed by atoms with E-state index in [1.807, 2.05) is 0 Å². The summed E-state index contributed by atoms with van der Waals surface area (Å²) in [4.78, 5) is 27.5. The Morgan fingerprint density at radius 2 is 2.00 bits per heavy atom. The number of nitrogen functional groups attached to an aromatic ring is 1. The van der Waals surface area contributed by atoms with Gasteiger partial charge in [0.1, 0.15) is 10.6 Å². The zero-order chi connectivity index (χ0) is 24.0. The smallest absolute Gasteiger partial charge is 0.275 e. The number of halogens is 1. The van der Waals surface area contributed by atoms with Gasteiger partial charge in [-0.15, -0.1) is 0 Å². The lowest BCUT2D eigenvalue weighted by Crippen LogP contribution is -2.36. The summed E-state index contributed by atoms with van der Waals surface area (Å²) in [7, 11) is 0. The van der Waals surface area contributed by atoms with Crippen LogP contribution in [0, 0.1) is 6.92 Å². The first-order valence-electron chi connectivity index (χ1n) is 10.9. The number of aryl methyl sites for hydroxylation is 1. The van der Waals surface area contributed by atoms with Crippen LogP contribution >= 0.6 is 11.6 Å². The Hall–Kier alpha value is -3.57. The molecule has 0 saturated carbocycles. The largest absolute Gasteiger partial charge is 0.377 e. The van der Waals surface area contributed by atoms with Crippen LogP contribution in [0.2, 0.25) is 5.02 Å². The standard InChI is InChI=1S/C22H23ClN8O3/c1-12-26-20(29-34-12)22(2,33)13-6-7-14-16(10-13)31(18-15(23)11-25-21(24)27-18)28-17(14)19(32)30-8-4-3-5-9-30/h6-7,10-11,33H,3-5,8-9H2,1-2H3,(H2,24,25,27)/t22-/m1/s1. The Morgan fingerprint density at radius 1 is 1.24 bits per heavy atom. The van der Waals surface area contributed by atoms with E-state index in [4.69, 9.17) is 21.9 Å². The van der Waals surface area contributed by atoms with Gasteiger partial charge in [0.25, 0.3) is 5.91 Å². The molecule has 0 radical (unpaired) electrons. The van der Waals surface area contributed by atoms with Gasteiger partial charge in [0.05, 0.1) is 11.7 Å². The molecule has 11 nitrogen and oxygen atoms in total. The van der Waals surface area contributed by atoms with E-state index in [9.17, 15) is 9.90 Å². The number of fused-ring (bicyclic) bond motifs is 1. The molecule has 1 aliphatic rings. The highest BCUT2D eigenvalue weighted by Gasteiger charge is 2.33. The highest BCUT2D eigenvalue weighted by atomic mass is 35.5. The second-order valence-electron chi connectivity index (χ2n) is 8.45. The van der Waals surface area contributed by atoms with Crippen LogP contribution in [-0.4, -0.2) is 58.9 Å². The minimum Gasteiger partial charge on any atom is -0.377 e. The van der Waals surface area contributed by atoms with Gasteiger partial charge in [-0.2, -0.15) is 15.1 Å². The number of carbonyl (C=O) groups excluding carboxylic acids is 1. The predicted molar refractivity (Wildman–Crippen MR) is 124 cm³/mol. The highest BCUT2D eigenvalue weighted by molar-refractivity contribution is 6.32. The van der Waals surface area contributed by atoms with Crippen LogP contribution in [0.3, 0.4) is 0 Å². The van der Waals surface area contributed by atoms with Crippen LogP contribution in [0.1, 0.15) is 54.0 Å². The third-order valence-corrected chi connectivity index (χ3v) is 6.26. The number of nitrogens with zero attached hydrogens (tertiary/aromatic N) is 7. The van der Waals surface area contributed by atoms with Crippen molar-refractivity contribution in [3.8, 4) is 5.82 Å². The van der Waals surface area contributed by atoms with Gasteiger partial charge in [0.2, 0.25) is 17.7 Å². The summed E-state index contributed by atoms with van der Waals surface area (Å²) < 4.78 is 6.50. The first-order chi connectivity index (χ1) is 16.3. The quantitative estimate of drug-likeness (QED) is 0.447. The number of benzene rings is 1. The number of aromatic nitrogens is 6. The van der Waals surface area contributed by atoms with Crippen molar-refractivity contribution in [2.24, 2.45) is 0 Å². The van der Waals surface area contributed by atoms with Gasteiger partial charge in [0.15, 0.2) is 11.5 Å². The van der Waals surface area contributed by atoms with E-state index in [-0.39, 0.29) is 34.2 Å². The van der Waals surface area contributed by atoms with Crippen LogP contribution < -0.4 is 5.73 Å². The van der Waals surface area contributed by atoms with Crippen molar-refractivity contribution in [2.75, 3.05) is 18.8 Å². The maximum absolute atomic E-state index is 13.4. The maximum Gasteiger partial charge on any atom is 0.275 e. The molecule has 3 aromatic heterocycles. The van der Waals surface area contributed by atoms with Gasteiger partial charge in [-0.3, -0.25) is 4.79 Å². The molecule has 0 spiro atoms. The van der Waals surface area contributed by atoms with Crippen LogP contribution in [0.25, 0.3) is 16.7 Å². The molecule has 3 N–H and O–H groups in total. The van der Waals surface area contributed by atoms with E-state index in [0.717, 1.165) is 19.3 Å². The molecule has 0 unspecified atom stereocenters. The Kier molecular flexibility index (Phi) is 5.45. The summed E-state index contributed by atoms with van der Waals surface area (Å²) >= 11 is 6.38. The first kappa shape index (κ1) is 22.2. The topological polar surface area (TPSA) is 149 Å². The molecule has 5 rings (SSSR count). The average molecular weight is 483 g/mol. The monoisotopic (exact) mass is 482 g/mol. The summed E-state index contributed by atoms with van der Waals surface area (Å²) in [5.41, 5.74) is 5.49. The van der Waals surface area contributed by atoms with E-state index in [0.29, 0.717) is 35.4 Å². The van der Waals surface area contributed by atoms with E-state index in [2.05, 4.69) is 25.2 Å². The minimum absolute atomic E-state index is 0.0115. The summed E-state index contributed by atoms with van der Waals surface area (Å²) in [6.07, 6.45) is 4.38. The van der Waals surface area contributed by atoms with E-state index in [1.165, 1.54) is 10.9 Å². The van der Waals surface area contributed by atoms with Gasteiger partial charge in [-0.25, -0.2) is 9.67 Å². The molecule has 1 aromatic carbocycles. The molecule has 34 heavy (non-hydrogen) atoms. The number of nitrogens with two attached hydrogens (primary N) is 1. The van der Waals surface area contributed by atoms with Crippen molar-refractivity contribution in [3.05, 3.63) is 52.4 Å². The fraction of sp³-hybridized carbons (Fsp3) is 0.364. The van der Waals surface area contributed by atoms with Crippen molar-refractivity contribution >= 4 is 34.4 Å². The summed E-state index contributed by atoms with van der Waals surface area (Å²) in [5, 5.41) is 20.5. The van der Waals surface area contributed by atoms with Crippen LogP contribution in [0.5, 0.6) is 0 Å². The van der Waals surface area contributed by atoms with Crippen LogP contribution in [0.15, 0.2) is 28.9 Å². The van der Waals surface area contributed by atoms with Gasteiger partial charge >= 0.3 is 0 Å². The number of hydrogen-bond donors (Lipinski definition) is 2. The predicted octanol–water partition coefficient (Wildman–Crippen LogP) is 2.62. The fourth-order valence-electron chi connectivity index (χ4n) is 4.13. The second-order valence-corrected chi connectivity index (χ2v) is 8.86. The Labute approximate surface area is 199 Å². The van der Waals surface area contributed by atoms with E-state index in [1.54, 1.807) is 36.9 Å². The van der Waals surface area contributed by atoms with Crippen LogP contribution in [0.4, 0.5) is 5.95 Å². The molecule has 176 valence electrons. The molecule has 1 atom stereocenters. The molecular formula is C22H23ClN8O3. The number of piperidine rings is 1. The van der Waals surface area contributed by atoms with E-state index < -0.39 is 5.60 Å². The lowest BCUT2D eigenvalue weighted by molar-refractivity contribution is 0.0719. The lowest BCUT2D eigenvalue weighted by atomic mass is 9.94. The molecule has 4 aromatic rings. The molecule has 1 saturated heterocycles. The Bertz CT molecular complexity index is 1390. The molecule has 12 heteroatoms. The maximum atomic E-state index is 13.4. The molecule has 1 amide bonds. The Morgan fingerprint density at radius 3 is 2.71 bits per heavy atom. The average Bonchev–Trinajstić information content (AvgIpc) is 3.44. The number of amides is 1. The van der Waals surface area contributed by atoms with Gasteiger partial charge in [0, 0.05) is 25.4 Å². The van der Waals surface area contributed by atoms with Gasteiger partial charge in [-0.05, 0) is 43.9 Å². The number of likely N-dealkylation sites (tertiary alicyclic amines) is 1. The molecule has 1 fully saturated rings. The van der Waals surface area contributed by atoms with Crippen molar-refractivity contribution in [1.29, 1.82) is 0 Å². The van der Waals surface area contributed by atoms with Crippen molar-refractivity contribution < 1.29 is 14.4 Å². The molecular weight excluding hydrogens is 460 g/mol. The fourth-order valence-corrected chi connectivity index (χ4v) is 4.30. The molecule has 0 aliphatic carbocycles. The normalized spacial score (nSPS) is 16.1. The number of hydrogen-bond acceptors (Lipinski definition) is 9.